The van der Waals surface area contributed by atoms with Crippen molar-refractivity contribution in [3.05, 3.63) is 37.2 Å². The molecule has 2 heterocycles. The van der Waals surface area contributed by atoms with E-state index in [0.717, 1.165) is 19.5 Å². The molecule has 98 valence electrons. The Morgan fingerprint density at radius 3 is 2.89 bits per heavy atom. The molecule has 2 rings (SSSR count). The van der Waals surface area contributed by atoms with Crippen LogP contribution in [0, 0.1) is 0 Å². The second-order valence-corrected chi connectivity index (χ2v) is 6.29. The van der Waals surface area contributed by atoms with Crippen molar-refractivity contribution in [2.45, 2.75) is 12.6 Å². The first-order chi connectivity index (χ1) is 8.65. The fourth-order valence-electron chi connectivity index (χ4n) is 1.62. The predicted octanol–water partition coefficient (Wildman–Crippen LogP) is 3.20. The van der Waals surface area contributed by atoms with Crippen molar-refractivity contribution < 1.29 is 9.84 Å². The molecule has 18 heavy (non-hydrogen) atoms. The third-order valence-corrected chi connectivity index (χ3v) is 5.03. The van der Waals surface area contributed by atoms with Crippen LogP contribution in [-0.4, -0.2) is 28.6 Å². The Morgan fingerprint density at radius 2 is 2.28 bits per heavy atom. The first kappa shape index (κ1) is 14.2. The van der Waals surface area contributed by atoms with Gasteiger partial charge in [0.05, 0.1) is 34.4 Å². The quantitative estimate of drug-likeness (QED) is 0.845. The van der Waals surface area contributed by atoms with Gasteiger partial charge in [-0.25, -0.2) is 0 Å². The van der Waals surface area contributed by atoms with E-state index in [-0.39, 0.29) is 0 Å². The molecule has 2 aromatic rings. The Balaban J connectivity index is 2.32. The van der Waals surface area contributed by atoms with Crippen LogP contribution in [0.2, 0.25) is 0 Å². The topological polar surface area (TPSA) is 47.3 Å². The number of aliphatic hydroxyl groups excluding tert-OH is 1. The van der Waals surface area contributed by atoms with Crippen LogP contribution in [0.1, 0.15) is 16.7 Å². The number of hydrogen-bond donors (Lipinski definition) is 1. The van der Waals surface area contributed by atoms with Gasteiger partial charge in [-0.1, -0.05) is 0 Å². The summed E-state index contributed by atoms with van der Waals surface area (Å²) in [6, 6.07) is 1.92. The Morgan fingerprint density at radius 1 is 1.50 bits per heavy atom. The van der Waals surface area contributed by atoms with Gasteiger partial charge in [-0.2, -0.15) is 5.10 Å². The maximum atomic E-state index is 10.5. The standard InChI is InChI=1S/C11H12Br2N2O2S/c1-17-4-3-15-9(8(13)6-14-15)10(16)11-7(12)2-5-18-11/h2,5-6,10,16H,3-4H2,1H3. The summed E-state index contributed by atoms with van der Waals surface area (Å²) in [5, 5.41) is 16.6. The number of aliphatic hydroxyl groups is 1. The number of nitrogens with zero attached hydrogens (tertiary/aromatic N) is 2. The number of rotatable bonds is 5. The van der Waals surface area contributed by atoms with Gasteiger partial charge in [-0.3, -0.25) is 4.68 Å². The van der Waals surface area contributed by atoms with Crippen LogP contribution >= 0.6 is 43.2 Å². The zero-order valence-corrected chi connectivity index (χ0v) is 13.6. The van der Waals surface area contributed by atoms with Gasteiger partial charge in [-0.15, -0.1) is 11.3 Å². The number of ether oxygens (including phenoxy) is 1. The van der Waals surface area contributed by atoms with Gasteiger partial charge in [0.2, 0.25) is 0 Å². The Hall–Kier alpha value is -0.210. The molecule has 1 N–H and O–H groups in total. The number of methoxy groups -OCH3 is 1. The summed E-state index contributed by atoms with van der Waals surface area (Å²) in [5.74, 6) is 0. The minimum atomic E-state index is -0.701. The maximum Gasteiger partial charge on any atom is 0.132 e. The summed E-state index contributed by atoms with van der Waals surface area (Å²) in [6.45, 7) is 1.16. The van der Waals surface area contributed by atoms with Crippen molar-refractivity contribution in [1.29, 1.82) is 0 Å². The molecular formula is C11H12Br2N2O2S. The van der Waals surface area contributed by atoms with Crippen LogP contribution in [0.5, 0.6) is 0 Å². The SMILES string of the molecule is COCCn1ncc(Br)c1C(O)c1sccc1Br. The van der Waals surface area contributed by atoms with E-state index < -0.39 is 6.10 Å². The van der Waals surface area contributed by atoms with E-state index in [1.165, 1.54) is 11.3 Å². The lowest BCUT2D eigenvalue weighted by Gasteiger charge is -2.13. The monoisotopic (exact) mass is 394 g/mol. The second kappa shape index (κ2) is 6.29. The van der Waals surface area contributed by atoms with Gasteiger partial charge in [0.15, 0.2) is 0 Å². The first-order valence-electron chi connectivity index (χ1n) is 5.26. The summed E-state index contributed by atoms with van der Waals surface area (Å²) < 4.78 is 8.50. The van der Waals surface area contributed by atoms with Gasteiger partial charge < -0.3 is 9.84 Å². The number of thiophene rings is 1. The summed E-state index contributed by atoms with van der Waals surface area (Å²) >= 11 is 8.37. The molecule has 0 bridgehead atoms. The van der Waals surface area contributed by atoms with Crippen molar-refractivity contribution in [1.82, 2.24) is 9.78 Å². The van der Waals surface area contributed by atoms with Crippen molar-refractivity contribution in [2.24, 2.45) is 0 Å². The smallest absolute Gasteiger partial charge is 0.132 e. The summed E-state index contributed by atoms with van der Waals surface area (Å²) in [7, 11) is 1.64. The van der Waals surface area contributed by atoms with E-state index >= 15 is 0 Å². The van der Waals surface area contributed by atoms with Crippen LogP contribution < -0.4 is 0 Å². The molecule has 0 amide bonds. The first-order valence-corrected chi connectivity index (χ1v) is 7.72. The highest BCUT2D eigenvalue weighted by atomic mass is 79.9. The van der Waals surface area contributed by atoms with Gasteiger partial charge >= 0.3 is 0 Å². The van der Waals surface area contributed by atoms with E-state index in [9.17, 15) is 5.11 Å². The third kappa shape index (κ3) is 2.85. The average molecular weight is 396 g/mol. The molecule has 1 atom stereocenters. The highest BCUT2D eigenvalue weighted by Crippen LogP contribution is 2.35. The molecule has 4 nitrogen and oxygen atoms in total. The van der Waals surface area contributed by atoms with E-state index in [2.05, 4.69) is 37.0 Å². The number of halogens is 2. The Bertz CT molecular complexity index is 527. The lowest BCUT2D eigenvalue weighted by atomic mass is 10.2. The zero-order chi connectivity index (χ0) is 13.1. The molecule has 0 aliphatic rings. The van der Waals surface area contributed by atoms with Crippen LogP contribution in [0.15, 0.2) is 26.6 Å². The zero-order valence-electron chi connectivity index (χ0n) is 9.64. The molecule has 2 aromatic heterocycles. The third-order valence-electron chi connectivity index (χ3n) is 2.49. The molecule has 0 fully saturated rings. The minimum absolute atomic E-state index is 0.555. The highest BCUT2D eigenvalue weighted by Gasteiger charge is 2.22. The van der Waals surface area contributed by atoms with E-state index in [1.807, 2.05) is 11.4 Å². The van der Waals surface area contributed by atoms with E-state index in [1.54, 1.807) is 18.0 Å². The molecule has 0 aliphatic heterocycles. The molecule has 0 saturated heterocycles. The maximum absolute atomic E-state index is 10.5. The lowest BCUT2D eigenvalue weighted by molar-refractivity contribution is 0.171. The average Bonchev–Trinajstić information content (AvgIpc) is 2.92. The molecule has 1 unspecified atom stereocenters. The Labute approximate surface area is 126 Å². The van der Waals surface area contributed by atoms with Crippen LogP contribution in [-0.2, 0) is 11.3 Å². The molecule has 0 spiro atoms. The van der Waals surface area contributed by atoms with Crippen molar-refractivity contribution in [3.8, 4) is 0 Å². The normalized spacial score (nSPS) is 12.9. The molecule has 0 aromatic carbocycles. The summed E-state index contributed by atoms with van der Waals surface area (Å²) in [5.41, 5.74) is 0.746. The van der Waals surface area contributed by atoms with Crippen LogP contribution in [0.25, 0.3) is 0 Å². The Kier molecular flexibility index (Phi) is 4.97. The number of hydrogen-bond acceptors (Lipinski definition) is 4. The fourth-order valence-corrected chi connectivity index (χ4v) is 3.71. The van der Waals surface area contributed by atoms with Gasteiger partial charge in [-0.05, 0) is 43.3 Å². The van der Waals surface area contributed by atoms with Gasteiger partial charge in [0, 0.05) is 11.6 Å². The molecule has 0 radical (unpaired) electrons. The lowest BCUT2D eigenvalue weighted by Crippen LogP contribution is -2.13. The van der Waals surface area contributed by atoms with Gasteiger partial charge in [0.1, 0.15) is 6.10 Å². The molecule has 7 heteroatoms. The summed E-state index contributed by atoms with van der Waals surface area (Å²) in [6.07, 6.45) is 0.989. The van der Waals surface area contributed by atoms with E-state index in [0.29, 0.717) is 13.2 Å². The second-order valence-electron chi connectivity index (χ2n) is 3.63. The van der Waals surface area contributed by atoms with Crippen LogP contribution in [0.3, 0.4) is 0 Å². The molecule has 0 aliphatic carbocycles. The van der Waals surface area contributed by atoms with Gasteiger partial charge in [0.25, 0.3) is 0 Å². The van der Waals surface area contributed by atoms with Crippen LogP contribution in [0.4, 0.5) is 0 Å². The molecular weight excluding hydrogens is 384 g/mol. The van der Waals surface area contributed by atoms with Crippen molar-refractivity contribution in [2.75, 3.05) is 13.7 Å². The highest BCUT2D eigenvalue weighted by molar-refractivity contribution is 9.10. The largest absolute Gasteiger partial charge is 0.383 e. The van der Waals surface area contributed by atoms with E-state index in [4.69, 9.17) is 4.74 Å². The number of aromatic nitrogens is 2. The van der Waals surface area contributed by atoms with Crippen molar-refractivity contribution in [3.63, 3.8) is 0 Å². The summed E-state index contributed by atoms with van der Waals surface area (Å²) in [4.78, 5) is 0.870. The van der Waals surface area contributed by atoms with Crippen molar-refractivity contribution >= 4 is 43.2 Å². The fraction of sp³-hybridized carbons (Fsp3) is 0.364. The minimum Gasteiger partial charge on any atom is -0.383 e. The predicted molar refractivity (Wildman–Crippen MR) is 77.9 cm³/mol. The molecule has 0 saturated carbocycles.